The molecule has 0 aromatic carbocycles. The summed E-state index contributed by atoms with van der Waals surface area (Å²) in [5.41, 5.74) is 1.20. The molecule has 72 valence electrons. The van der Waals surface area contributed by atoms with Gasteiger partial charge in [0.2, 0.25) is 5.91 Å². The van der Waals surface area contributed by atoms with Gasteiger partial charge in [0, 0.05) is 26.6 Å². The molecule has 0 spiro atoms. The molecule has 1 aliphatic heterocycles. The molecule has 0 fully saturated rings. The van der Waals surface area contributed by atoms with Crippen LogP contribution in [0.4, 0.5) is 0 Å². The van der Waals surface area contributed by atoms with E-state index in [1.807, 2.05) is 31.1 Å². The monoisotopic (exact) mass is 180 g/mol. The molecule has 0 saturated heterocycles. The average molecular weight is 180 g/mol. The molecule has 0 aromatic heterocycles. The topological polar surface area (TPSA) is 32.3 Å². The Morgan fingerprint density at radius 3 is 3.15 bits per heavy atom. The molecule has 0 unspecified atom stereocenters. The molecule has 0 saturated carbocycles. The number of hydrogen-bond donors (Lipinski definition) is 1. The van der Waals surface area contributed by atoms with E-state index in [9.17, 15) is 4.79 Å². The Labute approximate surface area is 79.1 Å². The van der Waals surface area contributed by atoms with Gasteiger partial charge in [-0.2, -0.15) is 0 Å². The summed E-state index contributed by atoms with van der Waals surface area (Å²) in [4.78, 5) is 13.1. The third-order valence-corrected chi connectivity index (χ3v) is 2.07. The lowest BCUT2D eigenvalue weighted by Gasteiger charge is -2.14. The smallest absolute Gasteiger partial charge is 0.222 e. The molecule has 3 nitrogen and oxygen atoms in total. The average Bonchev–Trinajstić information content (AvgIpc) is 2.62. The molecule has 1 heterocycles. The number of amides is 1. The molecule has 0 bridgehead atoms. The maximum Gasteiger partial charge on any atom is 0.222 e. The van der Waals surface area contributed by atoms with E-state index in [0.717, 1.165) is 13.1 Å². The summed E-state index contributed by atoms with van der Waals surface area (Å²) in [6, 6.07) is 0. The highest BCUT2D eigenvalue weighted by molar-refractivity contribution is 5.77. The number of nitrogens with one attached hydrogen (secondary N) is 1. The van der Waals surface area contributed by atoms with Crippen LogP contribution in [0.25, 0.3) is 0 Å². The summed E-state index contributed by atoms with van der Waals surface area (Å²) in [5.74, 6) is 0.226. The van der Waals surface area contributed by atoms with Crippen LogP contribution in [-0.2, 0) is 4.79 Å². The van der Waals surface area contributed by atoms with Crippen molar-refractivity contribution in [3.63, 3.8) is 0 Å². The third-order valence-electron chi connectivity index (χ3n) is 2.07. The van der Waals surface area contributed by atoms with Crippen molar-refractivity contribution >= 4 is 5.91 Å². The van der Waals surface area contributed by atoms with Gasteiger partial charge in [-0.15, -0.1) is 0 Å². The van der Waals surface area contributed by atoms with Gasteiger partial charge in [0.15, 0.2) is 0 Å². The van der Waals surface area contributed by atoms with Crippen molar-refractivity contribution in [1.82, 2.24) is 10.2 Å². The van der Waals surface area contributed by atoms with E-state index in [1.165, 1.54) is 5.57 Å². The van der Waals surface area contributed by atoms with Crippen LogP contribution in [0.2, 0.25) is 0 Å². The predicted octanol–water partition coefficient (Wildman–Crippen LogP) is 0.898. The highest BCUT2D eigenvalue weighted by Crippen LogP contribution is 2.10. The fraction of sp³-hybridized carbons (Fsp3) is 0.500. The summed E-state index contributed by atoms with van der Waals surface area (Å²) < 4.78 is 0. The first-order valence-electron chi connectivity index (χ1n) is 4.58. The van der Waals surface area contributed by atoms with Crippen molar-refractivity contribution in [3.8, 4) is 0 Å². The number of carbonyl (C=O) groups excluding carboxylic acids is 1. The standard InChI is InChI=1S/C10H16N2O/c1-3-10(13)12-7-5-9(8-12)4-6-11-2/h4-6,11H,3,7-8H2,1-2H3/b6-4-. The normalized spacial score (nSPS) is 16.5. The summed E-state index contributed by atoms with van der Waals surface area (Å²) in [6.07, 6.45) is 6.56. The minimum atomic E-state index is 0.226. The number of nitrogens with zero attached hydrogens (tertiary/aromatic N) is 1. The minimum absolute atomic E-state index is 0.226. The summed E-state index contributed by atoms with van der Waals surface area (Å²) in [6.45, 7) is 3.41. The van der Waals surface area contributed by atoms with Crippen molar-refractivity contribution in [2.24, 2.45) is 0 Å². The molecule has 13 heavy (non-hydrogen) atoms. The first-order valence-corrected chi connectivity index (χ1v) is 4.58. The molecular weight excluding hydrogens is 164 g/mol. The lowest BCUT2D eigenvalue weighted by molar-refractivity contribution is -0.129. The minimum Gasteiger partial charge on any atom is -0.394 e. The third kappa shape index (κ3) is 2.61. The molecule has 0 atom stereocenters. The highest BCUT2D eigenvalue weighted by Gasteiger charge is 2.15. The van der Waals surface area contributed by atoms with E-state index in [-0.39, 0.29) is 5.91 Å². The van der Waals surface area contributed by atoms with Gasteiger partial charge in [0.25, 0.3) is 0 Å². The van der Waals surface area contributed by atoms with E-state index in [1.54, 1.807) is 0 Å². The van der Waals surface area contributed by atoms with Crippen LogP contribution in [0.5, 0.6) is 0 Å². The highest BCUT2D eigenvalue weighted by atomic mass is 16.2. The van der Waals surface area contributed by atoms with Gasteiger partial charge in [-0.1, -0.05) is 13.0 Å². The van der Waals surface area contributed by atoms with Crippen LogP contribution in [0.3, 0.4) is 0 Å². The van der Waals surface area contributed by atoms with Gasteiger partial charge in [0.1, 0.15) is 0 Å². The maximum absolute atomic E-state index is 11.3. The van der Waals surface area contributed by atoms with Crippen molar-refractivity contribution in [2.75, 3.05) is 20.1 Å². The van der Waals surface area contributed by atoms with Crippen molar-refractivity contribution < 1.29 is 4.79 Å². The molecule has 1 amide bonds. The van der Waals surface area contributed by atoms with Gasteiger partial charge in [-0.25, -0.2) is 0 Å². The first-order chi connectivity index (χ1) is 6.27. The Hall–Kier alpha value is -1.25. The Morgan fingerprint density at radius 2 is 2.54 bits per heavy atom. The van der Waals surface area contributed by atoms with Gasteiger partial charge in [-0.3, -0.25) is 4.79 Å². The quantitative estimate of drug-likeness (QED) is 0.699. The molecule has 0 radical (unpaired) electrons. The SMILES string of the molecule is CCC(=O)N1CC=C(/C=C\NC)C1. The van der Waals surface area contributed by atoms with Gasteiger partial charge < -0.3 is 10.2 Å². The Morgan fingerprint density at radius 1 is 1.77 bits per heavy atom. The fourth-order valence-corrected chi connectivity index (χ4v) is 1.30. The molecular formula is C10H16N2O. The van der Waals surface area contributed by atoms with Crippen LogP contribution >= 0.6 is 0 Å². The number of carbonyl (C=O) groups is 1. The maximum atomic E-state index is 11.3. The molecule has 3 heteroatoms. The largest absolute Gasteiger partial charge is 0.394 e. The zero-order valence-corrected chi connectivity index (χ0v) is 8.21. The van der Waals surface area contributed by atoms with Crippen molar-refractivity contribution in [1.29, 1.82) is 0 Å². The van der Waals surface area contributed by atoms with Crippen LogP contribution in [0.1, 0.15) is 13.3 Å². The molecule has 1 N–H and O–H groups in total. The van der Waals surface area contributed by atoms with E-state index in [4.69, 9.17) is 0 Å². The van der Waals surface area contributed by atoms with Crippen LogP contribution in [0, 0.1) is 0 Å². The molecule has 0 aromatic rings. The van der Waals surface area contributed by atoms with E-state index >= 15 is 0 Å². The molecule has 1 aliphatic rings. The van der Waals surface area contributed by atoms with E-state index < -0.39 is 0 Å². The van der Waals surface area contributed by atoms with Crippen molar-refractivity contribution in [3.05, 3.63) is 23.9 Å². The summed E-state index contributed by atoms with van der Waals surface area (Å²) in [5, 5.41) is 2.93. The van der Waals surface area contributed by atoms with Crippen LogP contribution in [-0.4, -0.2) is 30.9 Å². The second-order valence-electron chi connectivity index (χ2n) is 3.03. The Kier molecular flexibility index (Phi) is 3.55. The number of hydrogen-bond acceptors (Lipinski definition) is 2. The lowest BCUT2D eigenvalue weighted by Crippen LogP contribution is -2.27. The van der Waals surface area contributed by atoms with E-state index in [2.05, 4.69) is 11.4 Å². The van der Waals surface area contributed by atoms with E-state index in [0.29, 0.717) is 6.42 Å². The lowest BCUT2D eigenvalue weighted by atomic mass is 10.3. The predicted molar refractivity (Wildman–Crippen MR) is 53.2 cm³/mol. The molecule has 1 rings (SSSR count). The van der Waals surface area contributed by atoms with Crippen LogP contribution in [0.15, 0.2) is 23.9 Å². The number of rotatable bonds is 3. The van der Waals surface area contributed by atoms with Gasteiger partial charge in [0.05, 0.1) is 0 Å². The molecule has 0 aliphatic carbocycles. The van der Waals surface area contributed by atoms with Gasteiger partial charge in [-0.05, 0) is 17.8 Å². The first kappa shape index (κ1) is 9.84. The summed E-state index contributed by atoms with van der Waals surface area (Å²) in [7, 11) is 1.86. The second-order valence-corrected chi connectivity index (χ2v) is 3.03. The summed E-state index contributed by atoms with van der Waals surface area (Å²) >= 11 is 0. The second kappa shape index (κ2) is 4.70. The van der Waals surface area contributed by atoms with Crippen molar-refractivity contribution in [2.45, 2.75) is 13.3 Å². The Bertz CT molecular complexity index is 243. The zero-order chi connectivity index (χ0) is 9.68. The van der Waals surface area contributed by atoms with Crippen LogP contribution < -0.4 is 5.32 Å². The Balaban J connectivity index is 2.42. The zero-order valence-electron chi connectivity index (χ0n) is 8.21. The fourth-order valence-electron chi connectivity index (χ4n) is 1.30. The van der Waals surface area contributed by atoms with Gasteiger partial charge >= 0.3 is 0 Å².